The molecule has 0 aliphatic heterocycles. The van der Waals surface area contributed by atoms with Gasteiger partial charge in [-0.25, -0.2) is 4.98 Å². The number of aryl methyl sites for hydroxylation is 1. The Bertz CT molecular complexity index is 836. The minimum absolute atomic E-state index is 0.215. The van der Waals surface area contributed by atoms with Gasteiger partial charge < -0.3 is 5.73 Å². The summed E-state index contributed by atoms with van der Waals surface area (Å²) in [5, 5.41) is 3.33. The number of fused-ring (bicyclic) bond motifs is 1. The Hall–Kier alpha value is -2.34. The zero-order valence-corrected chi connectivity index (χ0v) is 10.8. The lowest BCUT2D eigenvalue weighted by atomic mass is 10.2. The second-order valence-corrected chi connectivity index (χ2v) is 4.59. The Balaban J connectivity index is 2.26. The van der Waals surface area contributed by atoms with Crippen molar-refractivity contribution in [1.29, 1.82) is 0 Å². The molecule has 0 saturated heterocycles. The van der Waals surface area contributed by atoms with Gasteiger partial charge in [0, 0.05) is 23.0 Å². The van der Waals surface area contributed by atoms with E-state index >= 15 is 0 Å². The third-order valence-corrected chi connectivity index (χ3v) is 3.02. The zero-order chi connectivity index (χ0) is 13.6. The van der Waals surface area contributed by atoms with Gasteiger partial charge in [-0.1, -0.05) is 11.6 Å². The van der Waals surface area contributed by atoms with E-state index in [4.69, 9.17) is 17.3 Å². The van der Waals surface area contributed by atoms with Gasteiger partial charge in [0.15, 0.2) is 5.82 Å². The summed E-state index contributed by atoms with van der Waals surface area (Å²) in [7, 11) is 0. The molecular weight excluding hydrogens is 266 g/mol. The molecule has 0 aliphatic rings. The highest BCUT2D eigenvalue weighted by molar-refractivity contribution is 6.33. The van der Waals surface area contributed by atoms with Crippen molar-refractivity contribution in [3.05, 3.63) is 45.3 Å². The van der Waals surface area contributed by atoms with E-state index in [0.29, 0.717) is 33.6 Å². The number of nitrogen functional groups attached to an aromatic ring is 1. The van der Waals surface area contributed by atoms with E-state index in [1.165, 1.54) is 10.6 Å². The van der Waals surface area contributed by atoms with Crippen molar-refractivity contribution in [3.8, 4) is 11.4 Å². The van der Waals surface area contributed by atoms with E-state index in [1.807, 2.05) is 0 Å². The third kappa shape index (κ3) is 1.96. The summed E-state index contributed by atoms with van der Waals surface area (Å²) < 4.78 is 1.27. The molecule has 7 heteroatoms. The predicted octanol–water partition coefficient (Wildman–Crippen LogP) is 1.63. The molecule has 2 aromatic heterocycles. The van der Waals surface area contributed by atoms with Crippen LogP contribution in [0.3, 0.4) is 0 Å². The second-order valence-electron chi connectivity index (χ2n) is 4.18. The summed E-state index contributed by atoms with van der Waals surface area (Å²) in [4.78, 5) is 20.2. The predicted molar refractivity (Wildman–Crippen MR) is 73.2 cm³/mol. The average Bonchev–Trinajstić information content (AvgIpc) is 2.72. The topological polar surface area (TPSA) is 89.1 Å². The van der Waals surface area contributed by atoms with E-state index in [2.05, 4.69) is 15.1 Å². The smallest absolute Gasteiger partial charge is 0.274 e. The van der Waals surface area contributed by atoms with Crippen LogP contribution < -0.4 is 11.3 Å². The van der Waals surface area contributed by atoms with Gasteiger partial charge in [-0.3, -0.25) is 9.89 Å². The highest BCUT2D eigenvalue weighted by Crippen LogP contribution is 2.27. The summed E-state index contributed by atoms with van der Waals surface area (Å²) >= 11 is 6.11. The first kappa shape index (κ1) is 11.7. The quantitative estimate of drug-likeness (QED) is 0.661. The Labute approximate surface area is 112 Å². The molecule has 2 heterocycles. The molecule has 0 atom stereocenters. The SMILES string of the molecule is Cc1cc(=O)n2[nH]c(-c3ccc(N)cc3Cl)nc2n1. The Morgan fingerprint density at radius 2 is 2.11 bits per heavy atom. The van der Waals surface area contributed by atoms with Gasteiger partial charge >= 0.3 is 0 Å². The maximum absolute atomic E-state index is 11.8. The van der Waals surface area contributed by atoms with E-state index in [-0.39, 0.29) is 5.56 Å². The van der Waals surface area contributed by atoms with Crippen LogP contribution in [0.2, 0.25) is 5.02 Å². The number of H-pyrrole nitrogens is 1. The Kier molecular flexibility index (Phi) is 2.53. The second kappa shape index (κ2) is 4.10. The fourth-order valence-electron chi connectivity index (χ4n) is 1.84. The molecule has 3 aromatic rings. The fourth-order valence-corrected chi connectivity index (χ4v) is 2.12. The standard InChI is InChI=1S/C12H10ClN5O/c1-6-4-10(19)18-12(15-6)16-11(17-18)8-3-2-7(14)5-9(8)13/h2-5H,14H2,1H3,(H,15,16,17). The maximum Gasteiger partial charge on any atom is 0.274 e. The van der Waals surface area contributed by atoms with Crippen LogP contribution in [-0.4, -0.2) is 19.6 Å². The van der Waals surface area contributed by atoms with Gasteiger partial charge in [0.05, 0.1) is 5.02 Å². The molecule has 3 rings (SSSR count). The molecule has 0 radical (unpaired) electrons. The maximum atomic E-state index is 11.8. The van der Waals surface area contributed by atoms with Crippen molar-refractivity contribution in [2.75, 3.05) is 5.73 Å². The largest absolute Gasteiger partial charge is 0.399 e. The van der Waals surface area contributed by atoms with Crippen molar-refractivity contribution < 1.29 is 0 Å². The first-order valence-electron chi connectivity index (χ1n) is 5.56. The number of nitrogens with one attached hydrogen (secondary N) is 1. The molecular formula is C12H10ClN5O. The Morgan fingerprint density at radius 1 is 1.32 bits per heavy atom. The number of nitrogens with two attached hydrogens (primary N) is 1. The average molecular weight is 276 g/mol. The van der Waals surface area contributed by atoms with E-state index < -0.39 is 0 Å². The van der Waals surface area contributed by atoms with Gasteiger partial charge in [-0.15, -0.1) is 0 Å². The lowest BCUT2D eigenvalue weighted by molar-refractivity contribution is 0.892. The van der Waals surface area contributed by atoms with Gasteiger partial charge in [0.25, 0.3) is 11.3 Å². The molecule has 6 nitrogen and oxygen atoms in total. The molecule has 19 heavy (non-hydrogen) atoms. The van der Waals surface area contributed by atoms with E-state index in [9.17, 15) is 4.79 Å². The molecule has 0 fully saturated rings. The zero-order valence-electron chi connectivity index (χ0n) is 10.0. The molecule has 96 valence electrons. The normalized spacial score (nSPS) is 11.1. The highest BCUT2D eigenvalue weighted by Gasteiger charge is 2.11. The van der Waals surface area contributed by atoms with E-state index in [1.54, 1.807) is 25.1 Å². The highest BCUT2D eigenvalue weighted by atomic mass is 35.5. The number of nitrogens with zero attached hydrogens (tertiary/aromatic N) is 3. The van der Waals surface area contributed by atoms with Gasteiger partial charge in [-0.05, 0) is 25.1 Å². The van der Waals surface area contributed by atoms with Crippen LogP contribution in [0.15, 0.2) is 29.1 Å². The molecule has 0 aliphatic carbocycles. The number of anilines is 1. The van der Waals surface area contributed by atoms with Crippen molar-refractivity contribution in [3.63, 3.8) is 0 Å². The first-order chi connectivity index (χ1) is 9.04. The van der Waals surface area contributed by atoms with Gasteiger partial charge in [0.2, 0.25) is 0 Å². The van der Waals surface area contributed by atoms with Crippen LogP contribution in [0.5, 0.6) is 0 Å². The lowest BCUT2D eigenvalue weighted by Crippen LogP contribution is -2.14. The molecule has 0 bridgehead atoms. The van der Waals surface area contributed by atoms with Gasteiger partial charge in [-0.2, -0.15) is 9.50 Å². The molecule has 0 amide bonds. The van der Waals surface area contributed by atoms with Crippen molar-refractivity contribution in [2.45, 2.75) is 6.92 Å². The number of benzene rings is 1. The van der Waals surface area contributed by atoms with Crippen LogP contribution in [0, 0.1) is 6.92 Å². The molecule has 0 spiro atoms. The number of rotatable bonds is 1. The Morgan fingerprint density at radius 3 is 2.84 bits per heavy atom. The molecule has 0 unspecified atom stereocenters. The number of aromatic nitrogens is 4. The van der Waals surface area contributed by atoms with Crippen LogP contribution in [0.4, 0.5) is 5.69 Å². The van der Waals surface area contributed by atoms with Crippen LogP contribution >= 0.6 is 11.6 Å². The summed E-state index contributed by atoms with van der Waals surface area (Å²) in [5.41, 5.74) is 7.28. The molecule has 0 saturated carbocycles. The number of hydrogen-bond acceptors (Lipinski definition) is 4. The fraction of sp³-hybridized carbons (Fsp3) is 0.0833. The summed E-state index contributed by atoms with van der Waals surface area (Å²) in [6, 6.07) is 6.52. The first-order valence-corrected chi connectivity index (χ1v) is 5.94. The molecule has 3 N–H and O–H groups in total. The number of hydrogen-bond donors (Lipinski definition) is 2. The number of halogens is 1. The minimum atomic E-state index is -0.215. The minimum Gasteiger partial charge on any atom is -0.399 e. The molecule has 1 aromatic carbocycles. The van der Waals surface area contributed by atoms with Crippen LogP contribution in [0.1, 0.15) is 5.69 Å². The third-order valence-electron chi connectivity index (χ3n) is 2.71. The summed E-state index contributed by atoms with van der Waals surface area (Å²) in [5.74, 6) is 0.785. The summed E-state index contributed by atoms with van der Waals surface area (Å²) in [6.45, 7) is 1.74. The van der Waals surface area contributed by atoms with Gasteiger partial charge in [0.1, 0.15) is 0 Å². The van der Waals surface area contributed by atoms with Crippen LogP contribution in [0.25, 0.3) is 17.2 Å². The number of aromatic amines is 1. The lowest BCUT2D eigenvalue weighted by Gasteiger charge is -2.00. The van der Waals surface area contributed by atoms with E-state index in [0.717, 1.165) is 0 Å². The van der Waals surface area contributed by atoms with Crippen molar-refractivity contribution >= 4 is 23.1 Å². The van der Waals surface area contributed by atoms with Crippen LogP contribution in [-0.2, 0) is 0 Å². The van der Waals surface area contributed by atoms with Crippen molar-refractivity contribution in [1.82, 2.24) is 19.6 Å². The monoisotopic (exact) mass is 275 g/mol. The van der Waals surface area contributed by atoms with Crippen molar-refractivity contribution in [2.24, 2.45) is 0 Å². The summed E-state index contributed by atoms with van der Waals surface area (Å²) in [6.07, 6.45) is 0.